The standard InChI is InChI=1S/C14H15N3OS/c1-2-19-14-5-3-4-13(12(14)9-16)17-6-7-18-11(8-15)10-17/h3-5,11H,2,6-7,10H2,1H3. The van der Waals surface area contributed by atoms with Crippen molar-refractivity contribution in [2.45, 2.75) is 17.9 Å². The highest BCUT2D eigenvalue weighted by Crippen LogP contribution is 2.31. The molecule has 1 aromatic carbocycles. The normalized spacial score (nSPS) is 18.7. The number of nitrogens with zero attached hydrogens (tertiary/aromatic N) is 3. The Hall–Kier alpha value is -1.69. The van der Waals surface area contributed by atoms with E-state index < -0.39 is 6.10 Å². The Balaban J connectivity index is 2.32. The van der Waals surface area contributed by atoms with Crippen LogP contribution < -0.4 is 4.90 Å². The molecule has 19 heavy (non-hydrogen) atoms. The number of thioether (sulfide) groups is 1. The molecule has 0 radical (unpaired) electrons. The summed E-state index contributed by atoms with van der Waals surface area (Å²) in [6.45, 7) is 3.83. The zero-order valence-corrected chi connectivity index (χ0v) is 11.6. The van der Waals surface area contributed by atoms with Gasteiger partial charge in [-0.2, -0.15) is 10.5 Å². The molecule has 1 aliphatic heterocycles. The van der Waals surface area contributed by atoms with Crippen LogP contribution in [0.25, 0.3) is 0 Å². The average Bonchev–Trinajstić information content (AvgIpc) is 2.47. The van der Waals surface area contributed by atoms with Crippen LogP contribution in [0.1, 0.15) is 12.5 Å². The van der Waals surface area contributed by atoms with Crippen LogP contribution in [0.15, 0.2) is 23.1 Å². The van der Waals surface area contributed by atoms with Gasteiger partial charge in [-0.3, -0.25) is 0 Å². The molecular weight excluding hydrogens is 258 g/mol. The Kier molecular flexibility index (Phi) is 4.68. The monoisotopic (exact) mass is 273 g/mol. The van der Waals surface area contributed by atoms with E-state index in [1.165, 1.54) is 0 Å². The van der Waals surface area contributed by atoms with Gasteiger partial charge in [-0.25, -0.2) is 0 Å². The van der Waals surface area contributed by atoms with Crippen LogP contribution in [-0.2, 0) is 4.74 Å². The van der Waals surface area contributed by atoms with Crippen LogP contribution >= 0.6 is 11.8 Å². The van der Waals surface area contributed by atoms with E-state index in [-0.39, 0.29) is 0 Å². The van der Waals surface area contributed by atoms with E-state index >= 15 is 0 Å². The maximum Gasteiger partial charge on any atom is 0.161 e. The second-order valence-electron chi connectivity index (χ2n) is 4.13. The van der Waals surface area contributed by atoms with Gasteiger partial charge in [0.25, 0.3) is 0 Å². The number of anilines is 1. The van der Waals surface area contributed by atoms with Gasteiger partial charge in [0.2, 0.25) is 0 Å². The zero-order valence-electron chi connectivity index (χ0n) is 10.8. The molecule has 1 unspecified atom stereocenters. The summed E-state index contributed by atoms with van der Waals surface area (Å²) in [6, 6.07) is 10.3. The lowest BCUT2D eigenvalue weighted by Crippen LogP contribution is -2.42. The molecule has 1 aliphatic rings. The minimum absolute atomic E-state index is 0.414. The summed E-state index contributed by atoms with van der Waals surface area (Å²) in [5, 5.41) is 18.3. The first-order valence-electron chi connectivity index (χ1n) is 6.22. The molecule has 0 bridgehead atoms. The van der Waals surface area contributed by atoms with Crippen LogP contribution in [0, 0.1) is 22.7 Å². The topological polar surface area (TPSA) is 60.0 Å². The van der Waals surface area contributed by atoms with E-state index in [1.54, 1.807) is 11.8 Å². The van der Waals surface area contributed by atoms with Crippen molar-refractivity contribution >= 4 is 17.4 Å². The summed E-state index contributed by atoms with van der Waals surface area (Å²) >= 11 is 1.67. The maximum atomic E-state index is 9.39. The number of ether oxygens (including phenoxy) is 1. The van der Waals surface area contributed by atoms with Gasteiger partial charge in [0.1, 0.15) is 6.07 Å². The molecule has 98 valence electrons. The summed E-state index contributed by atoms with van der Waals surface area (Å²) in [5.74, 6) is 0.933. The van der Waals surface area contributed by atoms with Crippen molar-refractivity contribution in [3.8, 4) is 12.1 Å². The SMILES string of the molecule is CCSc1cccc(N2CCOC(C#N)C2)c1C#N. The largest absolute Gasteiger partial charge is 0.364 e. The molecule has 1 saturated heterocycles. The quantitative estimate of drug-likeness (QED) is 0.791. The van der Waals surface area contributed by atoms with Crippen LogP contribution in [0.4, 0.5) is 5.69 Å². The highest BCUT2D eigenvalue weighted by molar-refractivity contribution is 7.99. The van der Waals surface area contributed by atoms with Crippen molar-refractivity contribution in [3.05, 3.63) is 23.8 Å². The summed E-state index contributed by atoms with van der Waals surface area (Å²) in [6.07, 6.45) is -0.414. The molecule has 1 aromatic rings. The summed E-state index contributed by atoms with van der Waals surface area (Å²) in [4.78, 5) is 3.07. The predicted octanol–water partition coefficient (Wildman–Crippen LogP) is 2.40. The Morgan fingerprint density at radius 2 is 2.32 bits per heavy atom. The van der Waals surface area contributed by atoms with Crippen molar-refractivity contribution in [2.24, 2.45) is 0 Å². The Morgan fingerprint density at radius 1 is 1.47 bits per heavy atom. The summed E-state index contributed by atoms with van der Waals surface area (Å²) in [5.41, 5.74) is 1.61. The molecule has 1 heterocycles. The number of rotatable bonds is 3. The Morgan fingerprint density at radius 3 is 3.00 bits per heavy atom. The van der Waals surface area contributed by atoms with Gasteiger partial charge in [0.05, 0.1) is 30.5 Å². The molecule has 0 N–H and O–H groups in total. The zero-order chi connectivity index (χ0) is 13.7. The molecule has 0 spiro atoms. The van der Waals surface area contributed by atoms with Crippen LogP contribution in [0.3, 0.4) is 0 Å². The minimum atomic E-state index is -0.414. The van der Waals surface area contributed by atoms with E-state index in [4.69, 9.17) is 10.00 Å². The Bertz CT molecular complexity index is 532. The fourth-order valence-corrected chi connectivity index (χ4v) is 2.90. The fraction of sp³-hybridized carbons (Fsp3) is 0.429. The van der Waals surface area contributed by atoms with Crippen molar-refractivity contribution in [1.29, 1.82) is 10.5 Å². The van der Waals surface area contributed by atoms with Crippen LogP contribution in [-0.4, -0.2) is 31.6 Å². The molecule has 4 nitrogen and oxygen atoms in total. The van der Waals surface area contributed by atoms with Gasteiger partial charge in [0, 0.05) is 11.4 Å². The molecule has 0 saturated carbocycles. The van der Waals surface area contributed by atoms with Crippen molar-refractivity contribution in [2.75, 3.05) is 30.3 Å². The molecule has 0 aromatic heterocycles. The van der Waals surface area contributed by atoms with Gasteiger partial charge in [-0.15, -0.1) is 11.8 Å². The molecule has 0 amide bonds. The molecule has 1 atom stereocenters. The molecule has 2 rings (SSSR count). The summed E-state index contributed by atoms with van der Waals surface area (Å²) < 4.78 is 5.34. The number of morpholine rings is 1. The lowest BCUT2D eigenvalue weighted by molar-refractivity contribution is 0.0764. The van der Waals surface area contributed by atoms with Crippen LogP contribution in [0.2, 0.25) is 0 Å². The summed E-state index contributed by atoms with van der Waals surface area (Å²) in [7, 11) is 0. The predicted molar refractivity (Wildman–Crippen MR) is 75.1 cm³/mol. The van der Waals surface area contributed by atoms with Gasteiger partial charge in [-0.05, 0) is 17.9 Å². The number of benzene rings is 1. The van der Waals surface area contributed by atoms with E-state index in [0.717, 1.165) is 16.3 Å². The van der Waals surface area contributed by atoms with Crippen molar-refractivity contribution in [3.63, 3.8) is 0 Å². The van der Waals surface area contributed by atoms with Crippen molar-refractivity contribution < 1.29 is 4.74 Å². The van der Waals surface area contributed by atoms with E-state index in [0.29, 0.717) is 25.3 Å². The third kappa shape index (κ3) is 3.01. The number of nitriles is 2. The van der Waals surface area contributed by atoms with E-state index in [9.17, 15) is 5.26 Å². The number of hydrogen-bond donors (Lipinski definition) is 0. The molecular formula is C14H15N3OS. The Labute approximate surface area is 117 Å². The highest BCUT2D eigenvalue weighted by Gasteiger charge is 2.22. The van der Waals surface area contributed by atoms with E-state index in [2.05, 4.69) is 24.0 Å². The maximum absolute atomic E-state index is 9.39. The first-order valence-corrected chi connectivity index (χ1v) is 7.20. The van der Waals surface area contributed by atoms with Crippen LogP contribution in [0.5, 0.6) is 0 Å². The van der Waals surface area contributed by atoms with Gasteiger partial charge in [0.15, 0.2) is 6.10 Å². The minimum Gasteiger partial charge on any atom is -0.364 e. The fourth-order valence-electron chi connectivity index (χ4n) is 2.12. The average molecular weight is 273 g/mol. The van der Waals surface area contributed by atoms with Gasteiger partial charge >= 0.3 is 0 Å². The lowest BCUT2D eigenvalue weighted by atomic mass is 10.1. The second kappa shape index (κ2) is 6.47. The van der Waals surface area contributed by atoms with Crippen molar-refractivity contribution in [1.82, 2.24) is 0 Å². The van der Waals surface area contributed by atoms with E-state index in [1.807, 2.05) is 18.2 Å². The third-order valence-electron chi connectivity index (χ3n) is 2.97. The molecule has 5 heteroatoms. The van der Waals surface area contributed by atoms with Gasteiger partial charge in [-0.1, -0.05) is 13.0 Å². The molecule has 1 fully saturated rings. The first kappa shape index (κ1) is 13.7. The second-order valence-corrected chi connectivity index (χ2v) is 5.44. The first-order chi connectivity index (χ1) is 9.30. The third-order valence-corrected chi connectivity index (χ3v) is 3.91. The lowest BCUT2D eigenvalue weighted by Gasteiger charge is -2.32. The smallest absolute Gasteiger partial charge is 0.161 e. The van der Waals surface area contributed by atoms with Gasteiger partial charge < -0.3 is 9.64 Å². The highest BCUT2D eigenvalue weighted by atomic mass is 32.2. The molecule has 0 aliphatic carbocycles. The number of hydrogen-bond acceptors (Lipinski definition) is 5.